The Labute approximate surface area is 173 Å². The summed E-state index contributed by atoms with van der Waals surface area (Å²) < 4.78 is 12.6. The largest absolute Gasteiger partial charge is 0.494 e. The van der Waals surface area contributed by atoms with Crippen molar-refractivity contribution >= 4 is 33.1 Å². The number of fused-ring (bicyclic) bond motifs is 1. The second-order valence-corrected chi connectivity index (χ2v) is 7.73. The van der Waals surface area contributed by atoms with Crippen LogP contribution in [0, 0.1) is 13.8 Å². The summed E-state index contributed by atoms with van der Waals surface area (Å²) in [7, 11) is 0. The lowest BCUT2D eigenvalue weighted by atomic mass is 10.2. The number of hydrogen-bond acceptors (Lipinski definition) is 6. The van der Waals surface area contributed by atoms with Gasteiger partial charge in [-0.1, -0.05) is 0 Å². The Kier molecular flexibility index (Phi) is 6.53. The van der Waals surface area contributed by atoms with E-state index in [1.165, 1.54) is 22.2 Å². The molecule has 1 N–H and O–H groups in total. The van der Waals surface area contributed by atoms with Crippen LogP contribution in [0.2, 0.25) is 0 Å². The van der Waals surface area contributed by atoms with Crippen molar-refractivity contribution in [2.24, 2.45) is 0 Å². The van der Waals surface area contributed by atoms with Crippen LogP contribution in [-0.2, 0) is 11.3 Å². The Morgan fingerprint density at radius 1 is 1.21 bits per heavy atom. The van der Waals surface area contributed by atoms with E-state index in [1.807, 2.05) is 27.7 Å². The normalized spacial score (nSPS) is 10.9. The van der Waals surface area contributed by atoms with E-state index in [1.54, 1.807) is 18.2 Å². The van der Waals surface area contributed by atoms with Crippen molar-refractivity contribution in [3.8, 4) is 11.5 Å². The molecule has 2 heterocycles. The van der Waals surface area contributed by atoms with Crippen LogP contribution in [0.3, 0.4) is 0 Å². The predicted molar refractivity (Wildman–Crippen MR) is 115 cm³/mol. The highest BCUT2D eigenvalue weighted by atomic mass is 32.1. The highest BCUT2D eigenvalue weighted by molar-refractivity contribution is 7.18. The van der Waals surface area contributed by atoms with Crippen LogP contribution in [0.25, 0.3) is 10.2 Å². The summed E-state index contributed by atoms with van der Waals surface area (Å²) in [5.41, 5.74) is 1.39. The Morgan fingerprint density at radius 2 is 1.97 bits per heavy atom. The number of benzene rings is 1. The van der Waals surface area contributed by atoms with Gasteiger partial charge in [-0.15, -0.1) is 11.3 Å². The lowest BCUT2D eigenvalue weighted by Crippen LogP contribution is -2.23. The SMILES string of the molecule is CCOc1ccc(OCC)c(NC(=O)CCn2cnc3sc(C)c(C)c3c2=O)c1. The molecular weight excluding hydrogens is 390 g/mol. The maximum Gasteiger partial charge on any atom is 0.262 e. The van der Waals surface area contributed by atoms with Crippen molar-refractivity contribution in [1.82, 2.24) is 9.55 Å². The van der Waals surface area contributed by atoms with Gasteiger partial charge in [-0.2, -0.15) is 0 Å². The molecule has 3 aromatic rings. The van der Waals surface area contributed by atoms with Crippen molar-refractivity contribution in [2.45, 2.75) is 40.7 Å². The summed E-state index contributed by atoms with van der Waals surface area (Å²) in [5.74, 6) is 1.01. The van der Waals surface area contributed by atoms with Gasteiger partial charge in [0, 0.05) is 23.9 Å². The highest BCUT2D eigenvalue weighted by Gasteiger charge is 2.14. The molecule has 8 heteroatoms. The maximum absolute atomic E-state index is 12.8. The van der Waals surface area contributed by atoms with E-state index >= 15 is 0 Å². The number of ether oxygens (including phenoxy) is 2. The summed E-state index contributed by atoms with van der Waals surface area (Å²) in [5, 5.41) is 3.50. The van der Waals surface area contributed by atoms with E-state index in [2.05, 4.69) is 10.3 Å². The minimum absolute atomic E-state index is 0.113. The number of anilines is 1. The fourth-order valence-electron chi connectivity index (χ4n) is 3.01. The molecule has 2 aromatic heterocycles. The van der Waals surface area contributed by atoms with E-state index in [-0.39, 0.29) is 24.4 Å². The number of carbonyl (C=O) groups is 1. The fraction of sp³-hybridized carbons (Fsp3) is 0.381. The number of amides is 1. The molecule has 0 aliphatic carbocycles. The van der Waals surface area contributed by atoms with Crippen LogP contribution in [0.5, 0.6) is 11.5 Å². The Bertz CT molecular complexity index is 1090. The smallest absolute Gasteiger partial charge is 0.262 e. The van der Waals surface area contributed by atoms with Gasteiger partial charge in [-0.25, -0.2) is 4.98 Å². The number of nitrogens with zero attached hydrogens (tertiary/aromatic N) is 2. The Balaban J connectivity index is 1.74. The van der Waals surface area contributed by atoms with Crippen molar-refractivity contribution in [3.05, 3.63) is 45.3 Å². The predicted octanol–water partition coefficient (Wildman–Crippen LogP) is 3.90. The molecule has 154 valence electrons. The number of carbonyl (C=O) groups excluding carboxylic acids is 1. The number of rotatable bonds is 8. The molecule has 0 aliphatic rings. The second-order valence-electron chi connectivity index (χ2n) is 6.53. The fourth-order valence-corrected chi connectivity index (χ4v) is 4.00. The maximum atomic E-state index is 12.8. The van der Waals surface area contributed by atoms with Crippen LogP contribution in [-0.4, -0.2) is 28.7 Å². The number of aromatic nitrogens is 2. The van der Waals surface area contributed by atoms with Gasteiger partial charge >= 0.3 is 0 Å². The average Bonchev–Trinajstić information content (AvgIpc) is 2.98. The van der Waals surface area contributed by atoms with Crippen molar-refractivity contribution in [3.63, 3.8) is 0 Å². The lowest BCUT2D eigenvalue weighted by molar-refractivity contribution is -0.116. The van der Waals surface area contributed by atoms with Gasteiger partial charge < -0.3 is 14.8 Å². The second kappa shape index (κ2) is 9.09. The zero-order chi connectivity index (χ0) is 21.0. The molecule has 1 amide bonds. The average molecular weight is 416 g/mol. The molecule has 0 aliphatic heterocycles. The van der Waals surface area contributed by atoms with Gasteiger partial charge in [0.05, 0.1) is 30.6 Å². The topological polar surface area (TPSA) is 82.4 Å². The highest BCUT2D eigenvalue weighted by Crippen LogP contribution is 2.29. The molecule has 0 fully saturated rings. The van der Waals surface area contributed by atoms with Crippen LogP contribution in [0.4, 0.5) is 5.69 Å². The monoisotopic (exact) mass is 415 g/mol. The third-order valence-electron chi connectivity index (χ3n) is 4.57. The molecular formula is C21H25N3O4S. The Morgan fingerprint density at radius 3 is 2.69 bits per heavy atom. The molecule has 29 heavy (non-hydrogen) atoms. The molecule has 7 nitrogen and oxygen atoms in total. The first-order valence-electron chi connectivity index (χ1n) is 9.59. The first kappa shape index (κ1) is 20.9. The van der Waals surface area contributed by atoms with E-state index in [4.69, 9.17) is 9.47 Å². The molecule has 0 bridgehead atoms. The third-order valence-corrected chi connectivity index (χ3v) is 5.69. The number of nitrogens with one attached hydrogen (secondary N) is 1. The lowest BCUT2D eigenvalue weighted by Gasteiger charge is -2.14. The van der Waals surface area contributed by atoms with Crippen molar-refractivity contribution in [1.29, 1.82) is 0 Å². The zero-order valence-corrected chi connectivity index (χ0v) is 17.9. The van der Waals surface area contributed by atoms with E-state index in [0.29, 0.717) is 35.8 Å². The first-order chi connectivity index (χ1) is 13.9. The van der Waals surface area contributed by atoms with Gasteiger partial charge in [0.25, 0.3) is 5.56 Å². The van der Waals surface area contributed by atoms with Gasteiger partial charge in [0.2, 0.25) is 5.91 Å². The standard InChI is InChI=1S/C21H25N3O4S/c1-5-27-15-7-8-17(28-6-2)16(11-15)23-18(25)9-10-24-12-22-20-19(21(24)26)13(3)14(4)29-20/h7-8,11-12H,5-6,9-10H2,1-4H3,(H,23,25). The third kappa shape index (κ3) is 4.59. The van der Waals surface area contributed by atoms with E-state index < -0.39 is 0 Å². The van der Waals surface area contributed by atoms with Crippen molar-refractivity contribution < 1.29 is 14.3 Å². The minimum atomic E-state index is -0.218. The first-order valence-corrected chi connectivity index (χ1v) is 10.4. The molecule has 0 saturated carbocycles. The summed E-state index contributed by atoms with van der Waals surface area (Å²) in [6.45, 7) is 8.94. The molecule has 0 spiro atoms. The van der Waals surface area contributed by atoms with Crippen LogP contribution in [0.1, 0.15) is 30.7 Å². The van der Waals surface area contributed by atoms with Gasteiger partial charge in [-0.05, 0) is 45.4 Å². The summed E-state index contributed by atoms with van der Waals surface area (Å²) >= 11 is 1.51. The van der Waals surface area contributed by atoms with Gasteiger partial charge in [0.1, 0.15) is 16.3 Å². The summed E-state index contributed by atoms with van der Waals surface area (Å²) in [6.07, 6.45) is 1.65. The molecule has 0 unspecified atom stereocenters. The molecule has 0 atom stereocenters. The summed E-state index contributed by atoms with van der Waals surface area (Å²) in [6, 6.07) is 5.31. The molecule has 1 aromatic carbocycles. The van der Waals surface area contributed by atoms with E-state index in [9.17, 15) is 9.59 Å². The number of hydrogen-bond donors (Lipinski definition) is 1. The zero-order valence-electron chi connectivity index (χ0n) is 17.1. The van der Waals surface area contributed by atoms with Crippen LogP contribution >= 0.6 is 11.3 Å². The summed E-state index contributed by atoms with van der Waals surface area (Å²) in [4.78, 5) is 31.5. The molecule has 0 radical (unpaired) electrons. The van der Waals surface area contributed by atoms with E-state index in [0.717, 1.165) is 15.3 Å². The number of thiophene rings is 1. The number of aryl methyl sites for hydroxylation is 3. The van der Waals surface area contributed by atoms with Gasteiger partial charge in [0.15, 0.2) is 0 Å². The minimum Gasteiger partial charge on any atom is -0.494 e. The van der Waals surface area contributed by atoms with Crippen LogP contribution in [0.15, 0.2) is 29.3 Å². The van der Waals surface area contributed by atoms with Gasteiger partial charge in [-0.3, -0.25) is 14.2 Å². The van der Waals surface area contributed by atoms with Crippen LogP contribution < -0.4 is 20.3 Å². The van der Waals surface area contributed by atoms with Crippen molar-refractivity contribution in [2.75, 3.05) is 18.5 Å². The quantitative estimate of drug-likeness (QED) is 0.603. The Hall–Kier alpha value is -2.87. The molecule has 3 rings (SSSR count). The molecule has 0 saturated heterocycles.